The Kier molecular flexibility index (Phi) is 4.55. The monoisotopic (exact) mass is 307 g/mol. The number of carboxylic acid groups (broad SMARTS) is 1. The highest BCUT2D eigenvalue weighted by Crippen LogP contribution is 2.26. The Labute approximate surface area is 126 Å². The van der Waals surface area contributed by atoms with Crippen molar-refractivity contribution < 1.29 is 19.4 Å². The highest BCUT2D eigenvalue weighted by molar-refractivity contribution is 6.30. The van der Waals surface area contributed by atoms with Crippen LogP contribution in [0.25, 0.3) is 0 Å². The topological polar surface area (TPSA) is 81.8 Å². The number of hydrogen-bond donors (Lipinski definition) is 2. The molecule has 0 amide bonds. The number of aromatic carboxylic acids is 1. The molecular weight excluding hydrogens is 294 g/mol. The minimum Gasteiger partial charge on any atom is -0.496 e. The van der Waals surface area contributed by atoms with Crippen molar-refractivity contribution >= 4 is 23.3 Å². The van der Waals surface area contributed by atoms with Gasteiger partial charge in [-0.2, -0.15) is 0 Å². The lowest BCUT2D eigenvalue weighted by atomic mass is 10.1. The van der Waals surface area contributed by atoms with E-state index in [4.69, 9.17) is 31.9 Å². The maximum Gasteiger partial charge on any atom is 0.339 e. The van der Waals surface area contributed by atoms with Crippen molar-refractivity contribution in [2.75, 3.05) is 12.8 Å². The Bertz CT molecular complexity index is 673. The third-order valence-corrected chi connectivity index (χ3v) is 3.09. The molecule has 0 fully saturated rings. The van der Waals surface area contributed by atoms with Gasteiger partial charge in [-0.25, -0.2) is 4.79 Å². The Morgan fingerprint density at radius 1 is 1.24 bits per heavy atom. The molecule has 5 nitrogen and oxygen atoms in total. The van der Waals surface area contributed by atoms with E-state index in [-0.39, 0.29) is 17.9 Å². The van der Waals surface area contributed by atoms with Crippen LogP contribution in [0.15, 0.2) is 36.4 Å². The van der Waals surface area contributed by atoms with E-state index in [9.17, 15) is 4.79 Å². The smallest absolute Gasteiger partial charge is 0.339 e. The summed E-state index contributed by atoms with van der Waals surface area (Å²) in [5.41, 5.74) is 6.67. The lowest BCUT2D eigenvalue weighted by molar-refractivity contribution is 0.0692. The molecule has 3 N–H and O–H groups in total. The van der Waals surface area contributed by atoms with E-state index >= 15 is 0 Å². The fraction of sp³-hybridized carbons (Fsp3) is 0.133. The minimum absolute atomic E-state index is 0.0102. The standard InChI is InChI=1S/C15H14ClNO4/c1-20-13-4-2-10(16)6-9(13)8-21-14-5-3-11(17)7-12(14)15(18)19/h2-7H,8,17H2,1H3,(H,18,19). The van der Waals surface area contributed by atoms with Crippen LogP contribution in [0.4, 0.5) is 5.69 Å². The molecule has 0 unspecified atom stereocenters. The Morgan fingerprint density at radius 3 is 2.62 bits per heavy atom. The van der Waals surface area contributed by atoms with Crippen molar-refractivity contribution in [3.05, 3.63) is 52.5 Å². The number of nitrogens with two attached hydrogens (primary N) is 1. The third kappa shape index (κ3) is 3.58. The van der Waals surface area contributed by atoms with Crippen LogP contribution in [0.2, 0.25) is 5.02 Å². The van der Waals surface area contributed by atoms with Gasteiger partial charge < -0.3 is 20.3 Å². The van der Waals surface area contributed by atoms with Crippen LogP contribution in [0, 0.1) is 0 Å². The van der Waals surface area contributed by atoms with Crippen molar-refractivity contribution in [3.8, 4) is 11.5 Å². The molecule has 0 aliphatic rings. The second-order valence-corrected chi connectivity index (χ2v) is 4.74. The molecule has 2 aromatic rings. The predicted molar refractivity (Wildman–Crippen MR) is 80.1 cm³/mol. The second kappa shape index (κ2) is 6.37. The zero-order valence-electron chi connectivity index (χ0n) is 11.3. The van der Waals surface area contributed by atoms with Crippen molar-refractivity contribution in [1.82, 2.24) is 0 Å². The second-order valence-electron chi connectivity index (χ2n) is 4.31. The number of benzene rings is 2. The lowest BCUT2D eigenvalue weighted by Crippen LogP contribution is -2.05. The molecule has 6 heteroatoms. The third-order valence-electron chi connectivity index (χ3n) is 2.86. The fourth-order valence-corrected chi connectivity index (χ4v) is 2.05. The van der Waals surface area contributed by atoms with Gasteiger partial charge in [-0.3, -0.25) is 0 Å². The first-order valence-electron chi connectivity index (χ1n) is 6.09. The Balaban J connectivity index is 2.24. The number of carboxylic acids is 1. The molecule has 0 saturated heterocycles. The molecule has 21 heavy (non-hydrogen) atoms. The summed E-state index contributed by atoms with van der Waals surface area (Å²) in [5.74, 6) is -0.249. The molecule has 110 valence electrons. The molecule has 0 aliphatic heterocycles. The van der Waals surface area contributed by atoms with E-state index in [1.807, 2.05) is 0 Å². The molecule has 0 heterocycles. The summed E-state index contributed by atoms with van der Waals surface area (Å²) in [7, 11) is 1.54. The van der Waals surface area contributed by atoms with Crippen molar-refractivity contribution in [3.63, 3.8) is 0 Å². The van der Waals surface area contributed by atoms with Crippen molar-refractivity contribution in [2.24, 2.45) is 0 Å². The van der Waals surface area contributed by atoms with E-state index in [2.05, 4.69) is 0 Å². The summed E-state index contributed by atoms with van der Waals surface area (Å²) in [5, 5.41) is 9.70. The first-order valence-corrected chi connectivity index (χ1v) is 6.47. The molecule has 0 spiro atoms. The molecule has 0 aliphatic carbocycles. The first-order chi connectivity index (χ1) is 10.0. The number of ether oxygens (including phenoxy) is 2. The molecule has 2 aromatic carbocycles. The quantitative estimate of drug-likeness (QED) is 0.829. The van der Waals surface area contributed by atoms with Crippen LogP contribution in [0.5, 0.6) is 11.5 Å². The number of nitrogen functional groups attached to an aromatic ring is 1. The highest BCUT2D eigenvalue weighted by atomic mass is 35.5. The highest BCUT2D eigenvalue weighted by Gasteiger charge is 2.13. The molecule has 0 bridgehead atoms. The Morgan fingerprint density at radius 2 is 1.95 bits per heavy atom. The average molecular weight is 308 g/mol. The van der Waals surface area contributed by atoms with Crippen LogP contribution in [0.1, 0.15) is 15.9 Å². The minimum atomic E-state index is -1.10. The predicted octanol–water partition coefficient (Wildman–Crippen LogP) is 3.21. The molecular formula is C15H14ClNO4. The van der Waals surface area contributed by atoms with Crippen molar-refractivity contribution in [1.29, 1.82) is 0 Å². The zero-order valence-corrected chi connectivity index (χ0v) is 12.1. The molecule has 0 radical (unpaired) electrons. The van der Waals surface area contributed by atoms with E-state index in [0.717, 1.165) is 5.56 Å². The van der Waals surface area contributed by atoms with Crippen LogP contribution in [0.3, 0.4) is 0 Å². The summed E-state index contributed by atoms with van der Waals surface area (Å²) in [6, 6.07) is 9.59. The number of rotatable bonds is 5. The van der Waals surface area contributed by atoms with Crippen LogP contribution < -0.4 is 15.2 Å². The lowest BCUT2D eigenvalue weighted by Gasteiger charge is -2.12. The summed E-state index contributed by atoms with van der Waals surface area (Å²) < 4.78 is 10.8. The maximum absolute atomic E-state index is 11.2. The van der Waals surface area contributed by atoms with Gasteiger partial charge in [0, 0.05) is 16.3 Å². The molecule has 2 rings (SSSR count). The summed E-state index contributed by atoms with van der Waals surface area (Å²) in [6.07, 6.45) is 0. The van der Waals surface area contributed by atoms with Gasteiger partial charge in [0.1, 0.15) is 23.7 Å². The first kappa shape index (κ1) is 15.0. The normalized spacial score (nSPS) is 10.2. The van der Waals surface area contributed by atoms with E-state index < -0.39 is 5.97 Å². The number of halogens is 1. The average Bonchev–Trinajstić information content (AvgIpc) is 2.46. The van der Waals surface area contributed by atoms with E-state index in [0.29, 0.717) is 16.5 Å². The van der Waals surface area contributed by atoms with Gasteiger partial charge in [-0.05, 0) is 36.4 Å². The molecule has 0 atom stereocenters. The van der Waals surface area contributed by atoms with Gasteiger partial charge >= 0.3 is 5.97 Å². The van der Waals surface area contributed by atoms with Gasteiger partial charge in [-0.1, -0.05) is 11.6 Å². The number of anilines is 1. The molecule has 0 aromatic heterocycles. The maximum atomic E-state index is 11.2. The zero-order chi connectivity index (χ0) is 15.4. The summed E-state index contributed by atoms with van der Waals surface area (Å²) >= 11 is 5.94. The number of methoxy groups -OCH3 is 1. The van der Waals surface area contributed by atoms with Gasteiger partial charge in [-0.15, -0.1) is 0 Å². The summed E-state index contributed by atoms with van der Waals surface area (Å²) in [6.45, 7) is 0.133. The van der Waals surface area contributed by atoms with Crippen LogP contribution in [-0.2, 0) is 6.61 Å². The van der Waals surface area contributed by atoms with Gasteiger partial charge in [0.25, 0.3) is 0 Å². The SMILES string of the molecule is COc1ccc(Cl)cc1COc1ccc(N)cc1C(=O)O. The van der Waals surface area contributed by atoms with Crippen molar-refractivity contribution in [2.45, 2.75) is 6.61 Å². The largest absolute Gasteiger partial charge is 0.496 e. The number of hydrogen-bond acceptors (Lipinski definition) is 4. The van der Waals surface area contributed by atoms with Crippen LogP contribution in [-0.4, -0.2) is 18.2 Å². The van der Waals surface area contributed by atoms with Gasteiger partial charge in [0.2, 0.25) is 0 Å². The Hall–Kier alpha value is -2.40. The fourth-order valence-electron chi connectivity index (χ4n) is 1.86. The number of carbonyl (C=O) groups is 1. The van der Waals surface area contributed by atoms with E-state index in [1.165, 1.54) is 12.1 Å². The van der Waals surface area contributed by atoms with Gasteiger partial charge in [0.05, 0.1) is 7.11 Å². The van der Waals surface area contributed by atoms with Crippen LogP contribution >= 0.6 is 11.6 Å². The summed E-state index contributed by atoms with van der Waals surface area (Å²) in [4.78, 5) is 11.2. The van der Waals surface area contributed by atoms with Gasteiger partial charge in [0.15, 0.2) is 0 Å². The van der Waals surface area contributed by atoms with E-state index in [1.54, 1.807) is 31.4 Å². The molecule has 0 saturated carbocycles.